The molecule has 0 spiro atoms. The van der Waals surface area contributed by atoms with Crippen LogP contribution in [0.5, 0.6) is 5.75 Å². The molecule has 0 radical (unpaired) electrons. The summed E-state index contributed by atoms with van der Waals surface area (Å²) >= 11 is 6.35. The van der Waals surface area contributed by atoms with Crippen LogP contribution in [0.4, 0.5) is 28.8 Å². The Bertz CT molecular complexity index is 1380. The molecule has 2 N–H and O–H groups in total. The van der Waals surface area contributed by atoms with E-state index in [9.17, 15) is 8.42 Å². The fourth-order valence-corrected chi connectivity index (χ4v) is 5.54. The van der Waals surface area contributed by atoms with Crippen molar-refractivity contribution in [1.29, 1.82) is 0 Å². The van der Waals surface area contributed by atoms with Gasteiger partial charge in [-0.05, 0) is 65.0 Å². The molecule has 1 aromatic carbocycles. The van der Waals surface area contributed by atoms with E-state index in [0.29, 0.717) is 17.5 Å². The first-order valence-corrected chi connectivity index (χ1v) is 14.4. The molecule has 12 heteroatoms. The summed E-state index contributed by atoms with van der Waals surface area (Å²) in [5.41, 5.74) is 2.07. The van der Waals surface area contributed by atoms with E-state index in [0.717, 1.165) is 31.6 Å². The monoisotopic (exact) mass is 559 g/mol. The van der Waals surface area contributed by atoms with Gasteiger partial charge in [0.05, 0.1) is 29.9 Å². The first-order valence-electron chi connectivity index (χ1n) is 12.4. The topological polar surface area (TPSA) is 113 Å². The highest BCUT2D eigenvalue weighted by molar-refractivity contribution is 7.92. The predicted octanol–water partition coefficient (Wildman–Crippen LogP) is 4.73. The molecular weight excluding hydrogens is 526 g/mol. The van der Waals surface area contributed by atoms with Crippen LogP contribution in [-0.4, -0.2) is 73.9 Å². The number of nitrogens with one attached hydrogen (secondary N) is 2. The Kier molecular flexibility index (Phi) is 8.59. The average Bonchev–Trinajstić information content (AvgIpc) is 2.91. The summed E-state index contributed by atoms with van der Waals surface area (Å²) in [5.74, 6) is 1.17. The van der Waals surface area contributed by atoms with Crippen LogP contribution in [0.25, 0.3) is 0 Å². The number of benzene rings is 1. The molecule has 0 saturated carbocycles. The molecule has 204 valence electrons. The van der Waals surface area contributed by atoms with Gasteiger partial charge in [-0.3, -0.25) is 0 Å². The van der Waals surface area contributed by atoms with E-state index in [-0.39, 0.29) is 27.5 Å². The highest BCUT2D eigenvalue weighted by atomic mass is 35.5. The Labute approximate surface area is 229 Å². The van der Waals surface area contributed by atoms with E-state index in [1.54, 1.807) is 33.1 Å². The molecule has 1 aliphatic heterocycles. The van der Waals surface area contributed by atoms with Gasteiger partial charge in [0.2, 0.25) is 5.95 Å². The lowest BCUT2D eigenvalue weighted by molar-refractivity contribution is 0.249. The number of rotatable bonds is 9. The zero-order valence-corrected chi connectivity index (χ0v) is 23.8. The van der Waals surface area contributed by atoms with Crippen molar-refractivity contribution in [2.24, 2.45) is 0 Å². The number of halogens is 1. The average molecular weight is 560 g/mol. The van der Waals surface area contributed by atoms with Gasteiger partial charge < -0.3 is 25.2 Å². The first kappa shape index (κ1) is 27.9. The molecule has 10 nitrogen and oxygen atoms in total. The van der Waals surface area contributed by atoms with Gasteiger partial charge in [0.25, 0.3) is 0 Å². The Balaban J connectivity index is 1.55. The number of piperidine rings is 1. The van der Waals surface area contributed by atoms with Gasteiger partial charge in [0.1, 0.15) is 10.8 Å². The summed E-state index contributed by atoms with van der Waals surface area (Å²) < 4.78 is 31.3. The number of hydrogen-bond donors (Lipinski definition) is 2. The van der Waals surface area contributed by atoms with Crippen molar-refractivity contribution >= 4 is 50.3 Å². The standard InChI is InChI=1S/C26H34ClN7O3S/c1-17(2)38(35,36)25-22(7-6-12-28-25)30-24-20(27)16-29-26(32-24)31-21-9-8-19(15-23(21)37-5)34-13-10-18(11-14-34)33(3)4/h6-9,12,15-18H,10-11,13-14H2,1-5H3,(H2,29,30,31,32). The van der Waals surface area contributed by atoms with Crippen molar-refractivity contribution in [3.63, 3.8) is 0 Å². The summed E-state index contributed by atoms with van der Waals surface area (Å²) in [6, 6.07) is 9.86. The second kappa shape index (κ2) is 11.7. The Morgan fingerprint density at radius 1 is 1.11 bits per heavy atom. The Morgan fingerprint density at radius 2 is 1.84 bits per heavy atom. The zero-order valence-electron chi connectivity index (χ0n) is 22.3. The molecule has 0 aliphatic carbocycles. The van der Waals surface area contributed by atoms with Gasteiger partial charge in [-0.25, -0.2) is 18.4 Å². The number of hydrogen-bond acceptors (Lipinski definition) is 10. The maximum absolute atomic E-state index is 12.8. The van der Waals surface area contributed by atoms with Crippen LogP contribution >= 0.6 is 11.6 Å². The summed E-state index contributed by atoms with van der Waals surface area (Å²) in [6.45, 7) is 5.18. The number of nitrogens with zero attached hydrogens (tertiary/aromatic N) is 5. The lowest BCUT2D eigenvalue weighted by atomic mass is 10.0. The fraction of sp³-hybridized carbons (Fsp3) is 0.423. The van der Waals surface area contributed by atoms with Gasteiger partial charge in [-0.2, -0.15) is 4.98 Å². The molecule has 2 aromatic heterocycles. The molecule has 0 atom stereocenters. The Morgan fingerprint density at radius 3 is 2.50 bits per heavy atom. The number of anilines is 5. The Hall–Kier alpha value is -3.15. The molecule has 3 heterocycles. The second-order valence-corrected chi connectivity index (χ2v) is 12.5. The third-order valence-corrected chi connectivity index (χ3v) is 9.03. The zero-order chi connectivity index (χ0) is 27.4. The summed E-state index contributed by atoms with van der Waals surface area (Å²) in [6.07, 6.45) is 5.11. The summed E-state index contributed by atoms with van der Waals surface area (Å²) in [4.78, 5) is 17.5. The van der Waals surface area contributed by atoms with Gasteiger partial charge in [0.15, 0.2) is 20.7 Å². The SMILES string of the molecule is COc1cc(N2CCC(N(C)C)CC2)ccc1Nc1ncc(Cl)c(Nc2cccnc2S(=O)(=O)C(C)C)n1. The highest BCUT2D eigenvalue weighted by Crippen LogP contribution is 2.34. The smallest absolute Gasteiger partial charge is 0.229 e. The van der Waals surface area contributed by atoms with E-state index >= 15 is 0 Å². The largest absolute Gasteiger partial charge is 0.494 e. The predicted molar refractivity (Wildman–Crippen MR) is 152 cm³/mol. The van der Waals surface area contributed by atoms with Crippen molar-refractivity contribution in [1.82, 2.24) is 19.9 Å². The summed E-state index contributed by atoms with van der Waals surface area (Å²) in [7, 11) is 2.26. The highest BCUT2D eigenvalue weighted by Gasteiger charge is 2.25. The summed E-state index contributed by atoms with van der Waals surface area (Å²) in [5, 5.41) is 5.74. The lowest BCUT2D eigenvalue weighted by Gasteiger charge is -2.36. The van der Waals surface area contributed by atoms with E-state index in [1.165, 1.54) is 12.4 Å². The van der Waals surface area contributed by atoms with Crippen molar-refractivity contribution in [2.45, 2.75) is 43.0 Å². The number of aromatic nitrogens is 3. The minimum absolute atomic E-state index is 0.0638. The molecule has 0 amide bonds. The van der Waals surface area contributed by atoms with Crippen LogP contribution < -0.4 is 20.3 Å². The van der Waals surface area contributed by atoms with Crippen molar-refractivity contribution in [3.8, 4) is 5.75 Å². The number of pyridine rings is 1. The van der Waals surface area contributed by atoms with Crippen LogP contribution in [0.15, 0.2) is 47.8 Å². The molecule has 1 fully saturated rings. The molecule has 1 aliphatic rings. The molecule has 0 bridgehead atoms. The van der Waals surface area contributed by atoms with Gasteiger partial charge in [0, 0.05) is 37.1 Å². The van der Waals surface area contributed by atoms with Crippen LogP contribution in [0, 0.1) is 0 Å². The van der Waals surface area contributed by atoms with E-state index < -0.39 is 15.1 Å². The molecular formula is C26H34ClN7O3S. The van der Waals surface area contributed by atoms with Crippen molar-refractivity contribution < 1.29 is 13.2 Å². The minimum Gasteiger partial charge on any atom is -0.494 e. The molecule has 0 unspecified atom stereocenters. The van der Waals surface area contributed by atoms with Crippen LogP contribution in [-0.2, 0) is 9.84 Å². The van der Waals surface area contributed by atoms with E-state index in [4.69, 9.17) is 16.3 Å². The maximum Gasteiger partial charge on any atom is 0.229 e. The second-order valence-electron chi connectivity index (χ2n) is 9.66. The van der Waals surface area contributed by atoms with E-state index in [1.807, 2.05) is 12.1 Å². The van der Waals surface area contributed by atoms with Crippen molar-refractivity contribution in [2.75, 3.05) is 49.8 Å². The van der Waals surface area contributed by atoms with Gasteiger partial charge >= 0.3 is 0 Å². The van der Waals surface area contributed by atoms with Gasteiger partial charge in [-0.1, -0.05) is 11.6 Å². The molecule has 4 rings (SSSR count). The van der Waals surface area contributed by atoms with E-state index in [2.05, 4.69) is 55.5 Å². The molecule has 3 aromatic rings. The fourth-order valence-electron chi connectivity index (χ4n) is 4.32. The van der Waals surface area contributed by atoms with Crippen LogP contribution in [0.1, 0.15) is 26.7 Å². The first-order chi connectivity index (χ1) is 18.1. The van der Waals surface area contributed by atoms with Gasteiger partial charge in [-0.15, -0.1) is 0 Å². The molecule has 38 heavy (non-hydrogen) atoms. The number of ether oxygens (including phenoxy) is 1. The quantitative estimate of drug-likeness (QED) is 0.381. The normalized spacial score (nSPS) is 14.7. The number of sulfone groups is 1. The van der Waals surface area contributed by atoms with Crippen molar-refractivity contribution in [3.05, 3.63) is 47.7 Å². The minimum atomic E-state index is -3.63. The van der Waals surface area contributed by atoms with Crippen LogP contribution in [0.2, 0.25) is 5.02 Å². The third-order valence-electron chi connectivity index (χ3n) is 6.65. The lowest BCUT2D eigenvalue weighted by Crippen LogP contribution is -2.41. The number of methoxy groups -OCH3 is 1. The van der Waals surface area contributed by atoms with Crippen LogP contribution in [0.3, 0.4) is 0 Å². The maximum atomic E-state index is 12.8. The third kappa shape index (κ3) is 6.11. The molecule has 1 saturated heterocycles.